The predicted molar refractivity (Wildman–Crippen MR) is 49.2 cm³/mol. The van der Waals surface area contributed by atoms with E-state index in [1.165, 1.54) is 0 Å². The molecule has 1 N–H and O–H groups in total. The number of esters is 1. The van der Waals surface area contributed by atoms with Gasteiger partial charge in [-0.15, -0.1) is 0 Å². The van der Waals surface area contributed by atoms with Crippen LogP contribution in [0.2, 0.25) is 0 Å². The minimum atomic E-state index is -0.488. The Morgan fingerprint density at radius 2 is 2.31 bits per heavy atom. The van der Waals surface area contributed by atoms with Crippen molar-refractivity contribution in [2.45, 2.75) is 51.7 Å². The van der Waals surface area contributed by atoms with Gasteiger partial charge in [0.05, 0.1) is 12.5 Å². The normalized spacial score (nSPS) is 29.1. The van der Waals surface area contributed by atoms with Crippen molar-refractivity contribution in [3.8, 4) is 0 Å². The molecule has 3 nitrogen and oxygen atoms in total. The van der Waals surface area contributed by atoms with Gasteiger partial charge in [-0.3, -0.25) is 4.79 Å². The fourth-order valence-electron chi connectivity index (χ4n) is 1.56. The highest BCUT2D eigenvalue weighted by Crippen LogP contribution is 2.20. The zero-order valence-corrected chi connectivity index (χ0v) is 8.32. The van der Waals surface area contributed by atoms with Gasteiger partial charge < -0.3 is 9.84 Å². The second-order valence-electron chi connectivity index (χ2n) is 4.18. The summed E-state index contributed by atoms with van der Waals surface area (Å²) in [5.74, 6) is 0.366. The van der Waals surface area contributed by atoms with E-state index >= 15 is 0 Å². The van der Waals surface area contributed by atoms with Crippen LogP contribution >= 0.6 is 0 Å². The molecule has 0 aromatic heterocycles. The van der Waals surface area contributed by atoms with Gasteiger partial charge in [0, 0.05) is 6.42 Å². The Morgan fingerprint density at radius 3 is 2.85 bits per heavy atom. The van der Waals surface area contributed by atoms with Crippen LogP contribution in [0.4, 0.5) is 0 Å². The number of cyclic esters (lactones) is 1. The summed E-state index contributed by atoms with van der Waals surface area (Å²) in [4.78, 5) is 10.9. The van der Waals surface area contributed by atoms with Crippen molar-refractivity contribution < 1.29 is 14.6 Å². The van der Waals surface area contributed by atoms with E-state index < -0.39 is 6.10 Å². The first-order valence-corrected chi connectivity index (χ1v) is 4.95. The van der Waals surface area contributed by atoms with Crippen LogP contribution in [0.25, 0.3) is 0 Å². The molecule has 1 aliphatic heterocycles. The Balaban J connectivity index is 2.29. The fourth-order valence-corrected chi connectivity index (χ4v) is 1.56. The summed E-state index contributed by atoms with van der Waals surface area (Å²) in [7, 11) is 0. The third kappa shape index (κ3) is 3.77. The van der Waals surface area contributed by atoms with Gasteiger partial charge in [0.25, 0.3) is 0 Å². The Morgan fingerprint density at radius 1 is 1.62 bits per heavy atom. The maximum atomic E-state index is 10.9. The van der Waals surface area contributed by atoms with Crippen LogP contribution in [-0.4, -0.2) is 23.3 Å². The molecule has 76 valence electrons. The van der Waals surface area contributed by atoms with Gasteiger partial charge in [-0.2, -0.15) is 0 Å². The quantitative estimate of drug-likeness (QED) is 0.679. The highest BCUT2D eigenvalue weighted by atomic mass is 16.5. The van der Waals surface area contributed by atoms with Crippen molar-refractivity contribution in [1.29, 1.82) is 0 Å². The predicted octanol–water partition coefficient (Wildman–Crippen LogP) is 1.49. The SMILES string of the molecule is CC(C)CCC1C[C@@H](O)CC(=O)O1. The van der Waals surface area contributed by atoms with E-state index in [2.05, 4.69) is 13.8 Å². The van der Waals surface area contributed by atoms with Crippen LogP contribution in [0, 0.1) is 5.92 Å². The third-order valence-corrected chi connectivity index (χ3v) is 2.30. The molecule has 1 unspecified atom stereocenters. The largest absolute Gasteiger partial charge is 0.462 e. The molecule has 0 bridgehead atoms. The molecule has 0 aliphatic carbocycles. The monoisotopic (exact) mass is 186 g/mol. The lowest BCUT2D eigenvalue weighted by atomic mass is 9.98. The van der Waals surface area contributed by atoms with Crippen molar-refractivity contribution in [2.75, 3.05) is 0 Å². The first kappa shape index (κ1) is 10.5. The lowest BCUT2D eigenvalue weighted by Gasteiger charge is -2.26. The highest BCUT2D eigenvalue weighted by Gasteiger charge is 2.26. The molecule has 0 radical (unpaired) electrons. The molecule has 0 aromatic carbocycles. The molecule has 13 heavy (non-hydrogen) atoms. The van der Waals surface area contributed by atoms with Gasteiger partial charge in [-0.25, -0.2) is 0 Å². The summed E-state index contributed by atoms with van der Waals surface area (Å²) in [5, 5.41) is 9.31. The molecule has 3 heteroatoms. The van der Waals surface area contributed by atoms with E-state index in [9.17, 15) is 9.90 Å². The van der Waals surface area contributed by atoms with Crippen LogP contribution in [-0.2, 0) is 9.53 Å². The highest BCUT2D eigenvalue weighted by molar-refractivity contribution is 5.70. The average Bonchev–Trinajstić information content (AvgIpc) is 1.99. The number of ether oxygens (including phenoxy) is 1. The minimum absolute atomic E-state index is 0.0568. The number of rotatable bonds is 3. The van der Waals surface area contributed by atoms with Crippen LogP contribution < -0.4 is 0 Å². The number of carbonyl (C=O) groups is 1. The minimum Gasteiger partial charge on any atom is -0.462 e. The van der Waals surface area contributed by atoms with Crippen molar-refractivity contribution in [2.24, 2.45) is 5.92 Å². The van der Waals surface area contributed by atoms with Gasteiger partial charge in [0.2, 0.25) is 0 Å². The molecule has 1 heterocycles. The van der Waals surface area contributed by atoms with Crippen LogP contribution in [0.3, 0.4) is 0 Å². The zero-order chi connectivity index (χ0) is 9.84. The number of carbonyl (C=O) groups excluding carboxylic acids is 1. The second-order valence-corrected chi connectivity index (χ2v) is 4.18. The van der Waals surface area contributed by atoms with E-state index in [4.69, 9.17) is 4.74 Å². The van der Waals surface area contributed by atoms with Crippen molar-refractivity contribution in [3.05, 3.63) is 0 Å². The Labute approximate surface area is 79.1 Å². The number of aliphatic hydroxyl groups is 1. The summed E-state index contributed by atoms with van der Waals surface area (Å²) in [5.41, 5.74) is 0. The Kier molecular flexibility index (Phi) is 3.72. The van der Waals surface area contributed by atoms with Gasteiger partial charge >= 0.3 is 5.97 Å². The second kappa shape index (κ2) is 4.61. The molecular formula is C10H18O3. The first-order chi connectivity index (χ1) is 6.08. The summed E-state index contributed by atoms with van der Waals surface area (Å²) < 4.78 is 5.11. The van der Waals surface area contributed by atoms with Gasteiger partial charge in [0.15, 0.2) is 0 Å². The molecule has 1 rings (SSSR count). The van der Waals surface area contributed by atoms with E-state index in [0.29, 0.717) is 12.3 Å². The molecular weight excluding hydrogens is 168 g/mol. The van der Waals surface area contributed by atoms with Crippen molar-refractivity contribution in [3.63, 3.8) is 0 Å². The smallest absolute Gasteiger partial charge is 0.308 e. The lowest BCUT2D eigenvalue weighted by Crippen LogP contribution is -2.32. The van der Waals surface area contributed by atoms with Crippen molar-refractivity contribution in [1.82, 2.24) is 0 Å². The number of hydrogen-bond acceptors (Lipinski definition) is 3. The molecule has 1 aliphatic rings. The Hall–Kier alpha value is -0.570. The van der Waals surface area contributed by atoms with E-state index in [1.807, 2.05) is 0 Å². The van der Waals surface area contributed by atoms with E-state index in [1.54, 1.807) is 0 Å². The number of aliphatic hydroxyl groups excluding tert-OH is 1. The molecule has 1 fully saturated rings. The van der Waals surface area contributed by atoms with Crippen LogP contribution in [0.1, 0.15) is 39.5 Å². The number of hydrogen-bond donors (Lipinski definition) is 1. The maximum absolute atomic E-state index is 10.9. The third-order valence-electron chi connectivity index (χ3n) is 2.30. The average molecular weight is 186 g/mol. The lowest BCUT2D eigenvalue weighted by molar-refractivity contribution is -0.160. The fraction of sp³-hybridized carbons (Fsp3) is 0.900. The molecule has 1 saturated heterocycles. The summed E-state index contributed by atoms with van der Waals surface area (Å²) >= 11 is 0. The van der Waals surface area contributed by atoms with Crippen molar-refractivity contribution >= 4 is 5.97 Å². The topological polar surface area (TPSA) is 46.5 Å². The molecule has 0 spiro atoms. The van der Waals surface area contributed by atoms with Gasteiger partial charge in [0.1, 0.15) is 6.10 Å². The summed E-state index contributed by atoms with van der Waals surface area (Å²) in [6.07, 6.45) is 2.15. The molecule has 0 saturated carbocycles. The summed E-state index contributed by atoms with van der Waals surface area (Å²) in [6, 6.07) is 0. The van der Waals surface area contributed by atoms with Gasteiger partial charge in [-0.1, -0.05) is 13.8 Å². The molecule has 0 aromatic rings. The van der Waals surface area contributed by atoms with E-state index in [0.717, 1.165) is 12.8 Å². The first-order valence-electron chi connectivity index (χ1n) is 4.95. The maximum Gasteiger partial charge on any atom is 0.308 e. The van der Waals surface area contributed by atoms with E-state index in [-0.39, 0.29) is 18.5 Å². The molecule has 2 atom stereocenters. The Bertz CT molecular complexity index is 177. The zero-order valence-electron chi connectivity index (χ0n) is 8.32. The summed E-state index contributed by atoms with van der Waals surface area (Å²) in [6.45, 7) is 4.28. The molecule has 0 amide bonds. The van der Waals surface area contributed by atoms with Crippen LogP contribution in [0.5, 0.6) is 0 Å². The van der Waals surface area contributed by atoms with Gasteiger partial charge in [-0.05, 0) is 18.8 Å². The van der Waals surface area contributed by atoms with Crippen LogP contribution in [0.15, 0.2) is 0 Å². The standard InChI is InChI=1S/C10H18O3/c1-7(2)3-4-9-5-8(11)6-10(12)13-9/h7-9,11H,3-6H2,1-2H3/t8-,9?/m1/s1.